The van der Waals surface area contributed by atoms with Crippen molar-refractivity contribution in [3.63, 3.8) is 0 Å². The molecule has 0 amide bonds. The van der Waals surface area contributed by atoms with E-state index in [9.17, 15) is 4.39 Å². The van der Waals surface area contributed by atoms with Crippen molar-refractivity contribution < 1.29 is 4.39 Å². The molecule has 0 heterocycles. The Hall–Kier alpha value is -2.43. The molecule has 0 fully saturated rings. The monoisotopic (exact) mass is 291 g/mol. The van der Waals surface area contributed by atoms with Crippen LogP contribution in [-0.2, 0) is 6.42 Å². The third kappa shape index (κ3) is 3.56. The molecule has 0 saturated carbocycles. The van der Waals surface area contributed by atoms with Crippen molar-refractivity contribution in [2.24, 2.45) is 5.92 Å². The van der Waals surface area contributed by atoms with E-state index in [0.717, 1.165) is 11.1 Å². The second-order valence-electron chi connectivity index (χ2n) is 4.73. The van der Waals surface area contributed by atoms with Crippen LogP contribution in [0.25, 0.3) is 11.1 Å². The minimum absolute atomic E-state index is 0.239. The van der Waals surface area contributed by atoms with E-state index in [1.54, 1.807) is 30.3 Å². The maximum absolute atomic E-state index is 14.1. The molecule has 0 unspecified atom stereocenters. The quantitative estimate of drug-likeness (QED) is 0.807. The molecule has 0 N–H and O–H groups in total. The van der Waals surface area contributed by atoms with Gasteiger partial charge in [0, 0.05) is 16.2 Å². The van der Waals surface area contributed by atoms with Gasteiger partial charge in [0.05, 0.1) is 17.7 Å². The number of hydrogen-bond donors (Lipinski definition) is 0. The normalized spacial score (nSPS) is 11.4. The van der Waals surface area contributed by atoms with Crippen molar-refractivity contribution in [1.29, 1.82) is 10.5 Å². The van der Waals surface area contributed by atoms with Crippen LogP contribution in [0.2, 0.25) is 6.04 Å². The lowest BCUT2D eigenvalue weighted by atomic mass is 9.97. The summed E-state index contributed by atoms with van der Waals surface area (Å²) in [6, 6.07) is 16.7. The number of halogens is 1. The van der Waals surface area contributed by atoms with Crippen molar-refractivity contribution in [2.45, 2.75) is 12.5 Å². The molecule has 0 aliphatic heterocycles. The zero-order valence-corrected chi connectivity index (χ0v) is 12.3. The van der Waals surface area contributed by atoms with Gasteiger partial charge in [0.1, 0.15) is 5.82 Å². The van der Waals surface area contributed by atoms with Gasteiger partial charge in [-0.2, -0.15) is 10.5 Å². The minimum atomic E-state index is -0.308. The molecule has 21 heavy (non-hydrogen) atoms. The summed E-state index contributed by atoms with van der Waals surface area (Å²) in [5.41, 5.74) is 2.73. The summed E-state index contributed by atoms with van der Waals surface area (Å²) in [6.07, 6.45) is 0.388. The molecule has 0 saturated heterocycles. The van der Waals surface area contributed by atoms with Crippen LogP contribution in [0.15, 0.2) is 42.5 Å². The molecule has 1 atom stereocenters. The van der Waals surface area contributed by atoms with E-state index in [4.69, 9.17) is 10.5 Å². The molecule has 0 aliphatic carbocycles. The summed E-state index contributed by atoms with van der Waals surface area (Å²) >= 11 is 0. The van der Waals surface area contributed by atoms with Gasteiger partial charge in [-0.05, 0) is 47.4 Å². The molecule has 0 aromatic heterocycles. The molecule has 0 aliphatic rings. The minimum Gasteiger partial charge on any atom is -0.207 e. The number of rotatable bonds is 4. The average Bonchev–Trinajstić information content (AvgIpc) is 2.54. The fraction of sp³-hybridized carbons (Fsp3) is 0.176. The Balaban J connectivity index is 2.26. The highest BCUT2D eigenvalue weighted by atomic mass is 28.1. The Bertz CT molecular complexity index is 711. The molecule has 2 rings (SSSR count). The van der Waals surface area contributed by atoms with Gasteiger partial charge >= 0.3 is 0 Å². The molecule has 2 nitrogen and oxygen atoms in total. The first kappa shape index (κ1) is 15.0. The van der Waals surface area contributed by atoms with E-state index in [-0.39, 0.29) is 11.7 Å². The molecule has 0 bridgehead atoms. The van der Waals surface area contributed by atoms with Gasteiger partial charge in [-0.3, -0.25) is 0 Å². The van der Waals surface area contributed by atoms with Crippen LogP contribution in [0.1, 0.15) is 11.1 Å². The van der Waals surface area contributed by atoms with E-state index < -0.39 is 0 Å². The lowest BCUT2D eigenvalue weighted by Gasteiger charge is -2.09. The van der Waals surface area contributed by atoms with Crippen LogP contribution >= 0.6 is 0 Å². The third-order valence-corrected chi connectivity index (χ3v) is 3.79. The molecule has 4 heteroatoms. The third-order valence-electron chi connectivity index (χ3n) is 3.30. The van der Waals surface area contributed by atoms with Crippen LogP contribution in [-0.4, -0.2) is 10.2 Å². The van der Waals surface area contributed by atoms with E-state index in [0.29, 0.717) is 23.6 Å². The van der Waals surface area contributed by atoms with Gasteiger partial charge in [0.25, 0.3) is 0 Å². The molecular weight excluding hydrogens is 279 g/mol. The van der Waals surface area contributed by atoms with E-state index in [1.807, 2.05) is 6.07 Å². The van der Waals surface area contributed by atoms with Crippen molar-refractivity contribution >= 4 is 10.2 Å². The molecular formula is C17H12FN2Si. The molecule has 3 radical (unpaired) electrons. The van der Waals surface area contributed by atoms with Gasteiger partial charge in [-0.15, -0.1) is 0 Å². The highest BCUT2D eigenvalue weighted by Crippen LogP contribution is 2.24. The summed E-state index contributed by atoms with van der Waals surface area (Å²) in [5, 5.41) is 17.7. The maximum atomic E-state index is 14.1. The first-order chi connectivity index (χ1) is 10.2. The van der Waals surface area contributed by atoms with E-state index in [1.165, 1.54) is 6.07 Å². The summed E-state index contributed by atoms with van der Waals surface area (Å²) in [4.78, 5) is 0. The van der Waals surface area contributed by atoms with Crippen molar-refractivity contribution in [2.75, 3.05) is 0 Å². The summed E-state index contributed by atoms with van der Waals surface area (Å²) in [6.45, 7) is 0. The van der Waals surface area contributed by atoms with Crippen LogP contribution < -0.4 is 0 Å². The van der Waals surface area contributed by atoms with Crippen LogP contribution in [0.3, 0.4) is 0 Å². The Morgan fingerprint density at radius 3 is 2.24 bits per heavy atom. The van der Waals surface area contributed by atoms with Crippen LogP contribution in [0, 0.1) is 34.4 Å². The van der Waals surface area contributed by atoms with E-state index in [2.05, 4.69) is 22.4 Å². The molecule has 2 aromatic rings. The maximum Gasteiger partial charge on any atom is 0.127 e. The second-order valence-corrected chi connectivity index (χ2v) is 5.14. The van der Waals surface area contributed by atoms with Gasteiger partial charge in [-0.25, -0.2) is 4.39 Å². The topological polar surface area (TPSA) is 47.6 Å². The predicted molar refractivity (Wildman–Crippen MR) is 79.9 cm³/mol. The van der Waals surface area contributed by atoms with Gasteiger partial charge in [0.2, 0.25) is 0 Å². The van der Waals surface area contributed by atoms with Crippen molar-refractivity contribution in [3.8, 4) is 23.3 Å². The predicted octanol–water partition coefficient (Wildman–Crippen LogP) is 3.63. The Morgan fingerprint density at radius 2 is 1.71 bits per heavy atom. The average molecular weight is 291 g/mol. The van der Waals surface area contributed by atoms with Crippen molar-refractivity contribution in [1.82, 2.24) is 0 Å². The highest BCUT2D eigenvalue weighted by Gasteiger charge is 2.11. The Labute approximate surface area is 126 Å². The highest BCUT2D eigenvalue weighted by molar-refractivity contribution is 6.08. The lowest BCUT2D eigenvalue weighted by Crippen LogP contribution is -2.03. The zero-order chi connectivity index (χ0) is 15.2. The fourth-order valence-electron chi connectivity index (χ4n) is 2.06. The standard InChI is InChI=1S/C17H12FN2Si/c18-17-8-15(14-3-1-12(9-19)2-4-14)5-6-16(17)7-13(10-20)11-21/h1-6,8,13H,7,11H2/t13-/m0/s1. The lowest BCUT2D eigenvalue weighted by molar-refractivity contribution is 0.595. The van der Waals surface area contributed by atoms with Gasteiger partial charge in [0.15, 0.2) is 0 Å². The summed E-state index contributed by atoms with van der Waals surface area (Å²) < 4.78 is 14.1. The van der Waals surface area contributed by atoms with Crippen LogP contribution in [0.4, 0.5) is 4.39 Å². The van der Waals surface area contributed by atoms with Crippen LogP contribution in [0.5, 0.6) is 0 Å². The number of hydrogen-bond acceptors (Lipinski definition) is 2. The molecule has 101 valence electrons. The first-order valence-electron chi connectivity index (χ1n) is 6.51. The Kier molecular flexibility index (Phi) is 4.87. The molecule has 2 aromatic carbocycles. The Morgan fingerprint density at radius 1 is 1.05 bits per heavy atom. The largest absolute Gasteiger partial charge is 0.207 e. The van der Waals surface area contributed by atoms with E-state index >= 15 is 0 Å². The number of nitriles is 2. The zero-order valence-electron chi connectivity index (χ0n) is 11.3. The SMILES string of the molecule is N#Cc1ccc(-c2ccc(C[C@@H](C#N)C[Si])c(F)c2)cc1. The second kappa shape index (κ2) is 6.83. The summed E-state index contributed by atoms with van der Waals surface area (Å²) in [7, 11) is 3.30. The van der Waals surface area contributed by atoms with Crippen molar-refractivity contribution in [3.05, 3.63) is 59.4 Å². The number of nitrogens with zero attached hydrogens (tertiary/aromatic N) is 2. The fourth-order valence-corrected chi connectivity index (χ4v) is 2.29. The molecule has 0 spiro atoms. The number of benzene rings is 2. The first-order valence-corrected chi connectivity index (χ1v) is 7.21. The smallest absolute Gasteiger partial charge is 0.127 e. The van der Waals surface area contributed by atoms with Gasteiger partial charge in [-0.1, -0.05) is 24.3 Å². The van der Waals surface area contributed by atoms with Gasteiger partial charge < -0.3 is 0 Å². The summed E-state index contributed by atoms with van der Waals surface area (Å²) in [5.74, 6) is -0.547.